The van der Waals surface area contributed by atoms with Crippen molar-refractivity contribution in [1.29, 1.82) is 0 Å². The smallest absolute Gasteiger partial charge is 0.231 e. The molecule has 0 fully saturated rings. The largest absolute Gasteiger partial charge is 0.454 e. The standard InChI is InChI=1S/C21H13N3O2S2/c1-2-4-18-14(3-1)23-20(27-18)12-5-7-13(8-6-12)22-21-24-15-9-16-17(26-11-25-16)10-19(15)28-21/h1-10H,11H2,(H,22,24). The molecule has 1 aliphatic rings. The van der Waals surface area contributed by atoms with Crippen molar-refractivity contribution in [2.45, 2.75) is 0 Å². The van der Waals surface area contributed by atoms with Crippen LogP contribution in [0.5, 0.6) is 11.5 Å². The fraction of sp³-hybridized carbons (Fsp3) is 0.0476. The van der Waals surface area contributed by atoms with Gasteiger partial charge in [0.05, 0.1) is 20.4 Å². The van der Waals surface area contributed by atoms with Crippen molar-refractivity contribution in [2.75, 3.05) is 12.1 Å². The molecule has 0 saturated heterocycles. The molecule has 0 aliphatic carbocycles. The maximum atomic E-state index is 5.44. The number of thiazole rings is 2. The molecule has 0 atom stereocenters. The summed E-state index contributed by atoms with van der Waals surface area (Å²) in [6, 6.07) is 20.4. The van der Waals surface area contributed by atoms with Gasteiger partial charge in [-0.2, -0.15) is 0 Å². The van der Waals surface area contributed by atoms with Crippen molar-refractivity contribution in [3.63, 3.8) is 0 Å². The van der Waals surface area contributed by atoms with Gasteiger partial charge < -0.3 is 14.8 Å². The lowest BCUT2D eigenvalue weighted by Crippen LogP contribution is -1.92. The molecule has 5 aromatic rings. The van der Waals surface area contributed by atoms with E-state index in [4.69, 9.17) is 14.5 Å². The van der Waals surface area contributed by atoms with Gasteiger partial charge in [0.1, 0.15) is 5.01 Å². The van der Waals surface area contributed by atoms with Gasteiger partial charge in [-0.05, 0) is 36.4 Å². The number of hydrogen-bond acceptors (Lipinski definition) is 7. The Kier molecular flexibility index (Phi) is 3.50. The van der Waals surface area contributed by atoms with Gasteiger partial charge in [-0.1, -0.05) is 23.5 Å². The number of anilines is 2. The molecule has 6 rings (SSSR count). The van der Waals surface area contributed by atoms with E-state index in [9.17, 15) is 0 Å². The molecule has 2 aromatic heterocycles. The molecule has 0 amide bonds. The first-order valence-electron chi connectivity index (χ1n) is 8.75. The molecule has 3 aromatic carbocycles. The Morgan fingerprint density at radius 1 is 0.786 bits per heavy atom. The topological polar surface area (TPSA) is 56.3 Å². The molecule has 7 heteroatoms. The third kappa shape index (κ3) is 2.67. The summed E-state index contributed by atoms with van der Waals surface area (Å²) < 4.78 is 13.1. The number of rotatable bonds is 3. The van der Waals surface area contributed by atoms with E-state index in [1.165, 1.54) is 4.70 Å². The van der Waals surface area contributed by atoms with E-state index < -0.39 is 0 Å². The van der Waals surface area contributed by atoms with Crippen LogP contribution < -0.4 is 14.8 Å². The predicted molar refractivity (Wildman–Crippen MR) is 114 cm³/mol. The number of ether oxygens (including phenoxy) is 2. The van der Waals surface area contributed by atoms with Crippen molar-refractivity contribution in [1.82, 2.24) is 9.97 Å². The number of nitrogens with zero attached hydrogens (tertiary/aromatic N) is 2. The van der Waals surface area contributed by atoms with E-state index in [1.807, 2.05) is 30.3 Å². The zero-order valence-corrected chi connectivity index (χ0v) is 16.1. The van der Waals surface area contributed by atoms with Gasteiger partial charge in [-0.3, -0.25) is 0 Å². The summed E-state index contributed by atoms with van der Waals surface area (Å²) in [5.74, 6) is 1.53. The molecular weight excluding hydrogens is 390 g/mol. The van der Waals surface area contributed by atoms with Crippen LogP contribution in [-0.2, 0) is 0 Å². The van der Waals surface area contributed by atoms with Gasteiger partial charge in [0.25, 0.3) is 0 Å². The van der Waals surface area contributed by atoms with Crippen LogP contribution in [0.3, 0.4) is 0 Å². The van der Waals surface area contributed by atoms with E-state index in [0.29, 0.717) is 0 Å². The predicted octanol–water partition coefficient (Wildman–Crippen LogP) is 6.05. The molecule has 1 N–H and O–H groups in total. The van der Waals surface area contributed by atoms with E-state index in [1.54, 1.807) is 22.7 Å². The van der Waals surface area contributed by atoms with E-state index in [2.05, 4.69) is 40.6 Å². The Hall–Kier alpha value is -3.16. The van der Waals surface area contributed by atoms with Gasteiger partial charge in [-0.15, -0.1) is 11.3 Å². The van der Waals surface area contributed by atoms with Crippen LogP contribution >= 0.6 is 22.7 Å². The minimum absolute atomic E-state index is 0.277. The zero-order valence-electron chi connectivity index (χ0n) is 14.5. The van der Waals surface area contributed by atoms with Crippen LogP contribution in [0.25, 0.3) is 31.0 Å². The lowest BCUT2D eigenvalue weighted by atomic mass is 10.2. The first kappa shape index (κ1) is 15.9. The van der Waals surface area contributed by atoms with Gasteiger partial charge in [0, 0.05) is 23.4 Å². The zero-order chi connectivity index (χ0) is 18.5. The van der Waals surface area contributed by atoms with E-state index in [-0.39, 0.29) is 6.79 Å². The van der Waals surface area contributed by atoms with E-state index >= 15 is 0 Å². The average Bonchev–Trinajstić information content (AvgIpc) is 3.43. The second-order valence-electron chi connectivity index (χ2n) is 6.38. The van der Waals surface area contributed by atoms with Crippen molar-refractivity contribution < 1.29 is 9.47 Å². The number of fused-ring (bicyclic) bond motifs is 3. The maximum absolute atomic E-state index is 5.44. The molecular formula is C21H13N3O2S2. The third-order valence-electron chi connectivity index (χ3n) is 4.56. The van der Waals surface area contributed by atoms with Crippen LogP contribution in [0.15, 0.2) is 60.7 Å². The molecule has 136 valence electrons. The second-order valence-corrected chi connectivity index (χ2v) is 8.44. The quantitative estimate of drug-likeness (QED) is 0.398. The fourth-order valence-corrected chi connectivity index (χ4v) is 5.05. The molecule has 0 radical (unpaired) electrons. The molecule has 28 heavy (non-hydrogen) atoms. The van der Waals surface area contributed by atoms with Crippen molar-refractivity contribution in [3.05, 3.63) is 60.7 Å². The highest BCUT2D eigenvalue weighted by Gasteiger charge is 2.16. The van der Waals surface area contributed by atoms with Crippen LogP contribution in [0.4, 0.5) is 10.8 Å². The number of para-hydroxylation sites is 1. The highest BCUT2D eigenvalue weighted by Crippen LogP contribution is 2.39. The molecule has 0 unspecified atom stereocenters. The summed E-state index contributed by atoms with van der Waals surface area (Å²) in [4.78, 5) is 9.38. The van der Waals surface area contributed by atoms with Crippen molar-refractivity contribution in [2.24, 2.45) is 0 Å². The lowest BCUT2D eigenvalue weighted by Gasteiger charge is -2.03. The van der Waals surface area contributed by atoms with Crippen LogP contribution in [0.1, 0.15) is 0 Å². The molecule has 0 spiro atoms. The number of aromatic nitrogens is 2. The summed E-state index contributed by atoms with van der Waals surface area (Å²) in [7, 11) is 0. The maximum Gasteiger partial charge on any atom is 0.231 e. The Morgan fingerprint density at radius 2 is 1.61 bits per heavy atom. The summed E-state index contributed by atoms with van der Waals surface area (Å²) in [6.45, 7) is 0.277. The number of benzene rings is 3. The van der Waals surface area contributed by atoms with Gasteiger partial charge >= 0.3 is 0 Å². The number of nitrogens with one attached hydrogen (secondary N) is 1. The Balaban J connectivity index is 1.27. The van der Waals surface area contributed by atoms with Crippen LogP contribution in [0, 0.1) is 0 Å². The summed E-state index contributed by atoms with van der Waals surface area (Å²) >= 11 is 3.30. The highest BCUT2D eigenvalue weighted by molar-refractivity contribution is 7.22. The third-order valence-corrected chi connectivity index (χ3v) is 6.58. The Bertz CT molecular complexity index is 1250. The summed E-state index contributed by atoms with van der Waals surface area (Å²) in [5.41, 5.74) is 4.05. The minimum atomic E-state index is 0.277. The Labute approximate surface area is 168 Å². The van der Waals surface area contributed by atoms with Gasteiger partial charge in [-0.25, -0.2) is 9.97 Å². The monoisotopic (exact) mass is 403 g/mol. The SMILES string of the molecule is c1ccc2sc(-c3ccc(Nc4nc5cc6c(cc5s4)OCO6)cc3)nc2c1. The van der Waals surface area contributed by atoms with Crippen LogP contribution in [-0.4, -0.2) is 16.8 Å². The fourth-order valence-electron chi connectivity index (χ4n) is 3.19. The number of hydrogen-bond donors (Lipinski definition) is 1. The van der Waals surface area contributed by atoms with E-state index in [0.717, 1.165) is 48.6 Å². The normalized spacial score (nSPS) is 12.7. The minimum Gasteiger partial charge on any atom is -0.454 e. The van der Waals surface area contributed by atoms with Crippen molar-refractivity contribution >= 4 is 53.9 Å². The van der Waals surface area contributed by atoms with Gasteiger partial charge in [0.2, 0.25) is 6.79 Å². The highest BCUT2D eigenvalue weighted by atomic mass is 32.1. The van der Waals surface area contributed by atoms with Crippen molar-refractivity contribution in [3.8, 4) is 22.1 Å². The molecule has 1 aliphatic heterocycles. The molecule has 5 nitrogen and oxygen atoms in total. The first-order chi connectivity index (χ1) is 13.8. The molecule has 0 bridgehead atoms. The Morgan fingerprint density at radius 3 is 2.46 bits per heavy atom. The second kappa shape index (κ2) is 6.19. The first-order valence-corrected chi connectivity index (χ1v) is 10.4. The molecule has 3 heterocycles. The van der Waals surface area contributed by atoms with Gasteiger partial charge in [0.15, 0.2) is 16.6 Å². The molecule has 0 saturated carbocycles. The average molecular weight is 403 g/mol. The lowest BCUT2D eigenvalue weighted by molar-refractivity contribution is 0.174. The van der Waals surface area contributed by atoms with Crippen LogP contribution in [0.2, 0.25) is 0 Å². The summed E-state index contributed by atoms with van der Waals surface area (Å²) in [6.07, 6.45) is 0. The summed E-state index contributed by atoms with van der Waals surface area (Å²) in [5, 5.41) is 5.25.